The Morgan fingerprint density at radius 1 is 1.53 bits per heavy atom. The van der Waals surface area contributed by atoms with Crippen molar-refractivity contribution in [1.29, 1.82) is 0 Å². The summed E-state index contributed by atoms with van der Waals surface area (Å²) in [5.41, 5.74) is 7.28. The Bertz CT molecular complexity index is 620. The molecule has 0 aliphatic carbocycles. The van der Waals surface area contributed by atoms with Crippen molar-refractivity contribution >= 4 is 16.6 Å². The van der Waals surface area contributed by atoms with E-state index < -0.39 is 0 Å². The van der Waals surface area contributed by atoms with Gasteiger partial charge in [-0.25, -0.2) is 0 Å². The average molecular weight is 233 g/mol. The van der Waals surface area contributed by atoms with Crippen LogP contribution in [0.4, 0.5) is 5.69 Å². The minimum Gasteiger partial charge on any atom is -0.397 e. The van der Waals surface area contributed by atoms with E-state index in [9.17, 15) is 4.79 Å². The van der Waals surface area contributed by atoms with Crippen molar-refractivity contribution in [2.75, 3.05) is 18.9 Å². The number of hydrogen-bond acceptors (Lipinski definition) is 3. The summed E-state index contributed by atoms with van der Waals surface area (Å²) in [6.45, 7) is 1.33. The molecule has 0 amide bonds. The van der Waals surface area contributed by atoms with Gasteiger partial charge < -0.3 is 19.6 Å². The third kappa shape index (κ3) is 1.46. The minimum atomic E-state index is -0.0175. The number of rotatable bonds is 1. The molecule has 1 aliphatic rings. The number of anilines is 1. The number of ether oxygens (including phenoxy) is 1. The van der Waals surface area contributed by atoms with E-state index in [1.54, 1.807) is 10.8 Å². The van der Waals surface area contributed by atoms with Crippen LogP contribution >= 0.6 is 0 Å². The maximum Gasteiger partial charge on any atom is 0.262 e. The topological polar surface area (TPSA) is 62.2 Å². The molecular formula is C12H15N3O2. The highest BCUT2D eigenvalue weighted by Crippen LogP contribution is 2.22. The molecule has 1 atom stereocenters. The second-order valence-corrected chi connectivity index (χ2v) is 4.50. The van der Waals surface area contributed by atoms with E-state index in [0.29, 0.717) is 17.7 Å². The van der Waals surface area contributed by atoms with E-state index in [2.05, 4.69) is 0 Å². The van der Waals surface area contributed by atoms with Crippen LogP contribution in [0, 0.1) is 0 Å². The molecule has 0 aromatic carbocycles. The normalized spacial score (nSPS) is 20.2. The van der Waals surface area contributed by atoms with E-state index in [1.807, 2.05) is 23.9 Å². The average Bonchev–Trinajstić information content (AvgIpc) is 2.89. The maximum atomic E-state index is 12.4. The lowest BCUT2D eigenvalue weighted by atomic mass is 10.2. The predicted octanol–water partition coefficient (Wildman–Crippen LogP) is 0.884. The second-order valence-electron chi connectivity index (χ2n) is 4.50. The smallest absolute Gasteiger partial charge is 0.262 e. The van der Waals surface area contributed by atoms with Crippen molar-refractivity contribution in [2.45, 2.75) is 12.5 Å². The summed E-state index contributed by atoms with van der Waals surface area (Å²) in [5.74, 6) is 0. The lowest BCUT2D eigenvalue weighted by Gasteiger charge is -2.12. The van der Waals surface area contributed by atoms with Crippen LogP contribution in [0.15, 0.2) is 23.3 Å². The molecule has 3 heterocycles. The lowest BCUT2D eigenvalue weighted by Crippen LogP contribution is -2.24. The summed E-state index contributed by atoms with van der Waals surface area (Å²) in [6.07, 6.45) is 4.50. The number of nitrogen functional groups attached to an aromatic ring is 1. The quantitative estimate of drug-likeness (QED) is 0.795. The monoisotopic (exact) mass is 233 g/mol. The largest absolute Gasteiger partial charge is 0.397 e. The van der Waals surface area contributed by atoms with Gasteiger partial charge in [0.05, 0.1) is 29.2 Å². The first-order valence-corrected chi connectivity index (χ1v) is 5.72. The van der Waals surface area contributed by atoms with Gasteiger partial charge in [-0.15, -0.1) is 0 Å². The van der Waals surface area contributed by atoms with Gasteiger partial charge in [0.1, 0.15) is 0 Å². The van der Waals surface area contributed by atoms with Crippen LogP contribution in [0.25, 0.3) is 10.9 Å². The number of fused-ring (bicyclic) bond motifs is 1. The zero-order valence-electron chi connectivity index (χ0n) is 9.72. The molecule has 1 fully saturated rings. The molecule has 5 heteroatoms. The Hall–Kier alpha value is -1.75. The number of pyridine rings is 1. The fourth-order valence-corrected chi connectivity index (χ4v) is 2.48. The van der Waals surface area contributed by atoms with E-state index in [1.165, 1.54) is 0 Å². The lowest BCUT2D eigenvalue weighted by molar-refractivity contribution is 0.186. The summed E-state index contributed by atoms with van der Waals surface area (Å²) in [7, 11) is 1.89. The fourth-order valence-electron chi connectivity index (χ4n) is 2.48. The van der Waals surface area contributed by atoms with Crippen LogP contribution in [0.1, 0.15) is 12.5 Å². The standard InChI is InChI=1S/C12H15N3O2/c1-14-6-9(13)11-10(14)2-4-15(12(11)16)8-3-5-17-7-8/h2,4,6,8H,3,5,7,13H2,1H3. The van der Waals surface area contributed by atoms with Crippen LogP contribution in [-0.4, -0.2) is 22.3 Å². The third-order valence-corrected chi connectivity index (χ3v) is 3.40. The summed E-state index contributed by atoms with van der Waals surface area (Å²) in [5, 5.41) is 0.613. The zero-order valence-corrected chi connectivity index (χ0v) is 9.72. The molecule has 0 bridgehead atoms. The Kier molecular flexibility index (Phi) is 2.22. The van der Waals surface area contributed by atoms with Crippen LogP contribution in [-0.2, 0) is 11.8 Å². The van der Waals surface area contributed by atoms with Gasteiger partial charge in [-0.2, -0.15) is 0 Å². The summed E-state index contributed by atoms with van der Waals surface area (Å²) in [6, 6.07) is 2.08. The molecule has 1 unspecified atom stereocenters. The maximum absolute atomic E-state index is 12.4. The molecule has 1 saturated heterocycles. The van der Waals surface area contributed by atoms with E-state index in [0.717, 1.165) is 18.5 Å². The van der Waals surface area contributed by atoms with Gasteiger partial charge in [-0.05, 0) is 12.5 Å². The highest BCUT2D eigenvalue weighted by Gasteiger charge is 2.20. The molecule has 1 aliphatic heterocycles. The molecule has 2 N–H and O–H groups in total. The molecule has 90 valence electrons. The number of hydrogen-bond donors (Lipinski definition) is 1. The minimum absolute atomic E-state index is 0.0175. The Morgan fingerprint density at radius 3 is 3.06 bits per heavy atom. The van der Waals surface area contributed by atoms with Crippen molar-refractivity contribution < 1.29 is 4.74 Å². The van der Waals surface area contributed by atoms with Crippen molar-refractivity contribution in [3.8, 4) is 0 Å². The van der Waals surface area contributed by atoms with Crippen LogP contribution in [0.3, 0.4) is 0 Å². The van der Waals surface area contributed by atoms with E-state index in [4.69, 9.17) is 10.5 Å². The van der Waals surface area contributed by atoms with Gasteiger partial charge in [-0.3, -0.25) is 4.79 Å². The van der Waals surface area contributed by atoms with Crippen LogP contribution < -0.4 is 11.3 Å². The molecule has 3 rings (SSSR count). The summed E-state index contributed by atoms with van der Waals surface area (Å²) in [4.78, 5) is 12.4. The van der Waals surface area contributed by atoms with Gasteiger partial charge in [0, 0.05) is 26.0 Å². The predicted molar refractivity (Wildman–Crippen MR) is 66.1 cm³/mol. The van der Waals surface area contributed by atoms with Gasteiger partial charge >= 0.3 is 0 Å². The van der Waals surface area contributed by atoms with Crippen molar-refractivity contribution in [3.63, 3.8) is 0 Å². The summed E-state index contributed by atoms with van der Waals surface area (Å²) < 4.78 is 8.94. The highest BCUT2D eigenvalue weighted by atomic mass is 16.5. The Balaban J connectivity index is 2.25. The molecule has 5 nitrogen and oxygen atoms in total. The second kappa shape index (κ2) is 3.63. The fraction of sp³-hybridized carbons (Fsp3) is 0.417. The first-order chi connectivity index (χ1) is 8.18. The number of aromatic nitrogens is 2. The number of nitrogens with zero attached hydrogens (tertiary/aromatic N) is 2. The number of nitrogens with two attached hydrogens (primary N) is 1. The highest BCUT2D eigenvalue weighted by molar-refractivity contribution is 5.90. The Morgan fingerprint density at radius 2 is 2.35 bits per heavy atom. The van der Waals surface area contributed by atoms with Crippen molar-refractivity contribution in [1.82, 2.24) is 9.13 Å². The summed E-state index contributed by atoms with van der Waals surface area (Å²) >= 11 is 0. The molecule has 0 saturated carbocycles. The van der Waals surface area contributed by atoms with Gasteiger partial charge in [0.25, 0.3) is 5.56 Å². The zero-order chi connectivity index (χ0) is 12.0. The molecule has 2 aromatic heterocycles. The Labute approximate surface area is 98.4 Å². The third-order valence-electron chi connectivity index (χ3n) is 3.40. The van der Waals surface area contributed by atoms with Crippen molar-refractivity contribution in [3.05, 3.63) is 28.8 Å². The van der Waals surface area contributed by atoms with Crippen LogP contribution in [0.2, 0.25) is 0 Å². The van der Waals surface area contributed by atoms with Gasteiger partial charge in [-0.1, -0.05) is 0 Å². The van der Waals surface area contributed by atoms with Gasteiger partial charge in [0.15, 0.2) is 0 Å². The first-order valence-electron chi connectivity index (χ1n) is 5.72. The molecule has 2 aromatic rings. The number of aryl methyl sites for hydroxylation is 1. The molecule has 0 radical (unpaired) electrons. The van der Waals surface area contributed by atoms with Crippen molar-refractivity contribution in [2.24, 2.45) is 7.05 Å². The SMILES string of the molecule is Cn1cc(N)c2c(=O)n(C3CCOC3)ccc21. The molecule has 0 spiro atoms. The molecule has 17 heavy (non-hydrogen) atoms. The molecular weight excluding hydrogens is 218 g/mol. The van der Waals surface area contributed by atoms with Gasteiger partial charge in [0.2, 0.25) is 0 Å². The van der Waals surface area contributed by atoms with E-state index in [-0.39, 0.29) is 11.6 Å². The van der Waals surface area contributed by atoms with Crippen LogP contribution in [0.5, 0.6) is 0 Å². The first kappa shape index (κ1) is 10.4. The van der Waals surface area contributed by atoms with E-state index >= 15 is 0 Å².